The van der Waals surface area contributed by atoms with E-state index in [1.807, 2.05) is 17.0 Å². The van der Waals surface area contributed by atoms with Crippen molar-refractivity contribution >= 4 is 57.8 Å². The summed E-state index contributed by atoms with van der Waals surface area (Å²) < 4.78 is 0.469. The van der Waals surface area contributed by atoms with Gasteiger partial charge in [-0.3, -0.25) is 14.5 Å². The fraction of sp³-hybridized carbons (Fsp3) is 0.450. The van der Waals surface area contributed by atoms with E-state index in [2.05, 4.69) is 0 Å². The van der Waals surface area contributed by atoms with Gasteiger partial charge in [0.25, 0.3) is 5.91 Å². The van der Waals surface area contributed by atoms with Gasteiger partial charge in [0.1, 0.15) is 4.32 Å². The summed E-state index contributed by atoms with van der Waals surface area (Å²) in [5.41, 5.74) is 0.837. The molecule has 0 bridgehead atoms. The smallest absolute Gasteiger partial charge is 0.266 e. The molecule has 1 N–H and O–H groups in total. The molecule has 1 aromatic rings. The summed E-state index contributed by atoms with van der Waals surface area (Å²) >= 11 is 12.6. The third kappa shape index (κ3) is 5.14. The highest BCUT2D eigenvalue weighted by Crippen LogP contribution is 2.33. The van der Waals surface area contributed by atoms with E-state index in [0.717, 1.165) is 31.4 Å². The highest BCUT2D eigenvalue weighted by molar-refractivity contribution is 8.26. The molecule has 1 unspecified atom stereocenters. The number of nitrogens with zero attached hydrogens (tertiary/aromatic N) is 2. The van der Waals surface area contributed by atoms with E-state index in [1.54, 1.807) is 18.2 Å². The Morgan fingerprint density at radius 3 is 2.96 bits per heavy atom. The van der Waals surface area contributed by atoms with Crippen molar-refractivity contribution in [1.82, 2.24) is 9.80 Å². The molecule has 2 aliphatic heterocycles. The molecule has 150 valence electrons. The summed E-state index contributed by atoms with van der Waals surface area (Å²) in [4.78, 5) is 29.3. The first-order valence-electron chi connectivity index (χ1n) is 9.41. The number of carbonyl (C=O) groups excluding carboxylic acids is 2. The van der Waals surface area contributed by atoms with Crippen LogP contribution >= 0.6 is 35.6 Å². The molecule has 0 radical (unpaired) electrons. The van der Waals surface area contributed by atoms with Crippen LogP contribution in [0.25, 0.3) is 6.08 Å². The van der Waals surface area contributed by atoms with Gasteiger partial charge in [-0.05, 0) is 49.5 Å². The van der Waals surface area contributed by atoms with Crippen molar-refractivity contribution in [2.75, 3.05) is 19.7 Å². The maximum absolute atomic E-state index is 12.7. The van der Waals surface area contributed by atoms with Crippen LogP contribution in [0.5, 0.6) is 0 Å². The molecule has 0 saturated carbocycles. The van der Waals surface area contributed by atoms with Crippen molar-refractivity contribution in [3.05, 3.63) is 39.8 Å². The second-order valence-electron chi connectivity index (χ2n) is 6.89. The first-order chi connectivity index (χ1) is 13.5. The van der Waals surface area contributed by atoms with Crippen LogP contribution in [0, 0.1) is 0 Å². The van der Waals surface area contributed by atoms with Crippen LogP contribution in [0.3, 0.4) is 0 Å². The average molecular weight is 439 g/mol. The van der Waals surface area contributed by atoms with Gasteiger partial charge < -0.3 is 10.0 Å². The summed E-state index contributed by atoms with van der Waals surface area (Å²) in [5.74, 6) is -0.153. The van der Waals surface area contributed by atoms with E-state index in [4.69, 9.17) is 23.8 Å². The Kier molecular flexibility index (Phi) is 7.51. The minimum Gasteiger partial charge on any atom is -0.396 e. The Balaban J connectivity index is 1.62. The van der Waals surface area contributed by atoms with Crippen LogP contribution in [0.15, 0.2) is 29.2 Å². The number of hydrogen-bond donors (Lipinski definition) is 1. The number of aliphatic hydroxyl groups is 1. The molecule has 2 saturated heterocycles. The van der Waals surface area contributed by atoms with Gasteiger partial charge in [0.15, 0.2) is 0 Å². The molecule has 8 heteroatoms. The summed E-state index contributed by atoms with van der Waals surface area (Å²) in [5, 5.41) is 9.84. The molecule has 5 nitrogen and oxygen atoms in total. The molecule has 1 aromatic carbocycles. The third-order valence-electron chi connectivity index (χ3n) is 4.98. The quantitative estimate of drug-likeness (QED) is 0.542. The maximum atomic E-state index is 12.7. The van der Waals surface area contributed by atoms with E-state index in [0.29, 0.717) is 20.7 Å². The van der Waals surface area contributed by atoms with Gasteiger partial charge in [0.2, 0.25) is 5.91 Å². The molecule has 0 spiro atoms. The number of amides is 2. The number of rotatable bonds is 6. The maximum Gasteiger partial charge on any atom is 0.266 e. The molecular weight excluding hydrogens is 416 g/mol. The number of hydrogen-bond acceptors (Lipinski definition) is 5. The molecule has 0 aromatic heterocycles. The molecule has 2 aliphatic rings. The van der Waals surface area contributed by atoms with Crippen LogP contribution in [0.4, 0.5) is 0 Å². The van der Waals surface area contributed by atoms with Crippen LogP contribution in [0.2, 0.25) is 5.02 Å². The lowest BCUT2D eigenvalue weighted by Crippen LogP contribution is -2.45. The Morgan fingerprint density at radius 1 is 1.39 bits per heavy atom. The Bertz CT molecular complexity index is 797. The van der Waals surface area contributed by atoms with Crippen LogP contribution < -0.4 is 0 Å². The number of thioether (sulfide) groups is 1. The normalized spacial score (nSPS) is 21.6. The van der Waals surface area contributed by atoms with Gasteiger partial charge in [0.05, 0.1) is 4.91 Å². The largest absolute Gasteiger partial charge is 0.396 e. The summed E-state index contributed by atoms with van der Waals surface area (Å²) in [6, 6.07) is 7.37. The molecular formula is C20H23ClN2O3S2. The Labute approximate surface area is 179 Å². The van der Waals surface area contributed by atoms with Gasteiger partial charge in [-0.1, -0.05) is 47.7 Å². The van der Waals surface area contributed by atoms with Crippen molar-refractivity contribution < 1.29 is 14.7 Å². The first-order valence-corrected chi connectivity index (χ1v) is 11.0. The lowest BCUT2D eigenvalue weighted by molar-refractivity contribution is -0.135. The van der Waals surface area contributed by atoms with E-state index >= 15 is 0 Å². The highest BCUT2D eigenvalue weighted by atomic mass is 35.5. The molecule has 2 heterocycles. The molecule has 2 fully saturated rings. The number of benzene rings is 1. The van der Waals surface area contributed by atoms with Crippen molar-refractivity contribution in [1.29, 1.82) is 0 Å². The molecule has 28 heavy (non-hydrogen) atoms. The summed E-state index contributed by atoms with van der Waals surface area (Å²) in [6.45, 7) is 1.08. The summed E-state index contributed by atoms with van der Waals surface area (Å²) in [6.07, 6.45) is 5.60. The van der Waals surface area contributed by atoms with Crippen LogP contribution in [-0.4, -0.2) is 56.8 Å². The lowest BCUT2D eigenvalue weighted by atomic mass is 9.99. The van der Waals surface area contributed by atoms with Crippen LogP contribution in [-0.2, 0) is 9.59 Å². The number of carbonyl (C=O) groups is 2. The zero-order valence-electron chi connectivity index (χ0n) is 15.5. The number of aliphatic hydroxyl groups excluding tert-OH is 1. The number of halogens is 1. The fourth-order valence-electron chi connectivity index (χ4n) is 3.57. The van der Waals surface area contributed by atoms with Crippen LogP contribution in [0.1, 0.15) is 37.7 Å². The van der Waals surface area contributed by atoms with Gasteiger partial charge >= 0.3 is 0 Å². The van der Waals surface area contributed by atoms with E-state index < -0.39 is 0 Å². The highest BCUT2D eigenvalue weighted by Gasteiger charge is 2.33. The van der Waals surface area contributed by atoms with Gasteiger partial charge in [0, 0.05) is 37.2 Å². The zero-order valence-corrected chi connectivity index (χ0v) is 17.9. The van der Waals surface area contributed by atoms with Gasteiger partial charge in [-0.15, -0.1) is 0 Å². The average Bonchev–Trinajstić information content (AvgIpc) is 2.93. The predicted octanol–water partition coefficient (Wildman–Crippen LogP) is 3.69. The number of likely N-dealkylation sites (tertiary alicyclic amines) is 1. The Hall–Kier alpha value is -1.41. The zero-order chi connectivity index (χ0) is 20.1. The van der Waals surface area contributed by atoms with Crippen molar-refractivity contribution in [2.45, 2.75) is 38.1 Å². The molecule has 2 amide bonds. The first kappa shape index (κ1) is 21.3. The van der Waals surface area contributed by atoms with Crippen molar-refractivity contribution in [3.63, 3.8) is 0 Å². The SMILES string of the molecule is O=C1/C(=C/c2cccc(Cl)c2)SC(=S)N1CCC(=O)N1CCCCC1CCO. The van der Waals surface area contributed by atoms with E-state index in [9.17, 15) is 14.7 Å². The summed E-state index contributed by atoms with van der Waals surface area (Å²) in [7, 11) is 0. The second kappa shape index (κ2) is 9.87. The monoisotopic (exact) mass is 438 g/mol. The van der Waals surface area contributed by atoms with E-state index in [1.165, 1.54) is 16.7 Å². The van der Waals surface area contributed by atoms with Crippen molar-refractivity contribution in [2.24, 2.45) is 0 Å². The lowest BCUT2D eigenvalue weighted by Gasteiger charge is -2.36. The van der Waals surface area contributed by atoms with E-state index in [-0.39, 0.29) is 37.4 Å². The van der Waals surface area contributed by atoms with Gasteiger partial charge in [-0.25, -0.2) is 0 Å². The number of thiocarbonyl (C=S) groups is 1. The predicted molar refractivity (Wildman–Crippen MR) is 117 cm³/mol. The molecule has 0 aliphatic carbocycles. The molecule has 3 rings (SSSR count). The third-order valence-corrected chi connectivity index (χ3v) is 6.59. The number of piperidine rings is 1. The Morgan fingerprint density at radius 2 is 2.21 bits per heavy atom. The standard InChI is InChI=1S/C20H23ClN2O3S2/c21-15-5-3-4-14(12-15)13-17-19(26)23(20(27)28-17)10-7-18(25)22-9-2-1-6-16(22)8-11-24/h3-5,12-13,16,24H,1-2,6-11H2/b17-13-. The second-order valence-corrected chi connectivity index (χ2v) is 9.00. The van der Waals surface area contributed by atoms with Gasteiger partial charge in [-0.2, -0.15) is 0 Å². The minimum atomic E-state index is -0.173. The minimum absolute atomic E-state index is 0.0195. The fourth-order valence-corrected chi connectivity index (χ4v) is 5.08. The topological polar surface area (TPSA) is 60.9 Å². The van der Waals surface area contributed by atoms with Crippen molar-refractivity contribution in [3.8, 4) is 0 Å². The molecule has 1 atom stereocenters.